The van der Waals surface area contributed by atoms with Gasteiger partial charge in [-0.15, -0.1) is 0 Å². The van der Waals surface area contributed by atoms with Crippen LogP contribution in [0.4, 0.5) is 5.69 Å². The van der Waals surface area contributed by atoms with Crippen molar-refractivity contribution in [3.8, 4) is 0 Å². The van der Waals surface area contributed by atoms with E-state index >= 15 is 0 Å². The van der Waals surface area contributed by atoms with Crippen molar-refractivity contribution in [2.75, 3.05) is 5.32 Å². The molecule has 1 aromatic rings. The molecule has 2 rings (SSSR count). The summed E-state index contributed by atoms with van der Waals surface area (Å²) in [6.45, 7) is 6.26. The van der Waals surface area contributed by atoms with Gasteiger partial charge < -0.3 is 5.32 Å². The Morgan fingerprint density at radius 1 is 1.50 bits per heavy atom. The van der Waals surface area contributed by atoms with E-state index < -0.39 is 0 Å². The van der Waals surface area contributed by atoms with Gasteiger partial charge in [-0.25, -0.2) is 0 Å². The van der Waals surface area contributed by atoms with Crippen molar-refractivity contribution in [3.63, 3.8) is 0 Å². The zero-order valence-electron chi connectivity index (χ0n) is 10.3. The molecule has 0 fully saturated rings. The molecule has 0 saturated heterocycles. The Kier molecular flexibility index (Phi) is 2.99. The van der Waals surface area contributed by atoms with Gasteiger partial charge in [-0.3, -0.25) is 4.79 Å². The average Bonchev–Trinajstić information content (AvgIpc) is 2.65. The zero-order chi connectivity index (χ0) is 11.7. The normalized spacial score (nSPS) is 18.3. The van der Waals surface area contributed by atoms with Gasteiger partial charge in [0.05, 0.1) is 0 Å². The highest BCUT2D eigenvalue weighted by Crippen LogP contribution is 2.37. The Bertz CT molecular complexity index is 423. The highest BCUT2D eigenvalue weighted by Gasteiger charge is 2.21. The minimum atomic E-state index is 0.0918. The van der Waals surface area contributed by atoms with Crippen LogP contribution in [0.25, 0.3) is 0 Å². The number of hydrogen-bond acceptors (Lipinski definition) is 1. The van der Waals surface area contributed by atoms with Gasteiger partial charge in [-0.1, -0.05) is 19.9 Å². The quantitative estimate of drug-likeness (QED) is 0.808. The zero-order valence-corrected chi connectivity index (χ0v) is 10.3. The third-order valence-electron chi connectivity index (χ3n) is 3.59. The maximum absolute atomic E-state index is 11.4. The third kappa shape index (κ3) is 1.84. The number of carbonyl (C=O) groups is 1. The summed E-state index contributed by atoms with van der Waals surface area (Å²) >= 11 is 0. The standard InChI is InChI=1S/C14H19NO/c1-4-14(16)15-13-8-7-11-9(2)5-6-12(11)10(13)3/h7-9H,4-6H2,1-3H3,(H,15,16). The van der Waals surface area contributed by atoms with Crippen molar-refractivity contribution in [1.29, 1.82) is 0 Å². The van der Waals surface area contributed by atoms with Gasteiger partial charge in [0.2, 0.25) is 5.91 Å². The van der Waals surface area contributed by atoms with Crippen LogP contribution in [-0.4, -0.2) is 5.91 Å². The van der Waals surface area contributed by atoms with Crippen LogP contribution in [0.1, 0.15) is 49.3 Å². The fourth-order valence-corrected chi connectivity index (χ4v) is 2.46. The Balaban J connectivity index is 2.33. The molecule has 1 amide bonds. The summed E-state index contributed by atoms with van der Waals surface area (Å²) in [5.74, 6) is 0.763. The molecule has 2 nitrogen and oxygen atoms in total. The van der Waals surface area contributed by atoms with Crippen molar-refractivity contribution in [2.45, 2.75) is 46.0 Å². The highest BCUT2D eigenvalue weighted by atomic mass is 16.1. The van der Waals surface area contributed by atoms with E-state index in [-0.39, 0.29) is 5.91 Å². The second-order valence-corrected chi connectivity index (χ2v) is 4.65. The van der Waals surface area contributed by atoms with E-state index in [0.717, 1.165) is 12.1 Å². The summed E-state index contributed by atoms with van der Waals surface area (Å²) in [5.41, 5.74) is 5.15. The van der Waals surface area contributed by atoms with E-state index in [1.807, 2.05) is 13.0 Å². The van der Waals surface area contributed by atoms with E-state index in [1.54, 1.807) is 0 Å². The van der Waals surface area contributed by atoms with E-state index in [0.29, 0.717) is 12.3 Å². The molecule has 0 spiro atoms. The molecule has 1 aliphatic rings. The van der Waals surface area contributed by atoms with Crippen LogP contribution in [0.15, 0.2) is 12.1 Å². The molecular formula is C14H19NO. The number of nitrogens with one attached hydrogen (secondary N) is 1. The molecule has 1 unspecified atom stereocenters. The Morgan fingerprint density at radius 3 is 2.94 bits per heavy atom. The average molecular weight is 217 g/mol. The predicted octanol–water partition coefficient (Wildman–Crippen LogP) is 3.39. The predicted molar refractivity (Wildman–Crippen MR) is 66.8 cm³/mol. The maximum Gasteiger partial charge on any atom is 0.224 e. The maximum atomic E-state index is 11.4. The summed E-state index contributed by atoms with van der Waals surface area (Å²) in [7, 11) is 0. The monoisotopic (exact) mass is 217 g/mol. The minimum Gasteiger partial charge on any atom is -0.326 e. The van der Waals surface area contributed by atoms with Crippen molar-refractivity contribution in [3.05, 3.63) is 28.8 Å². The summed E-state index contributed by atoms with van der Waals surface area (Å²) in [4.78, 5) is 11.4. The van der Waals surface area contributed by atoms with E-state index in [9.17, 15) is 4.79 Å². The third-order valence-corrected chi connectivity index (χ3v) is 3.59. The van der Waals surface area contributed by atoms with Gasteiger partial charge in [0, 0.05) is 12.1 Å². The summed E-state index contributed by atoms with van der Waals surface area (Å²) in [6.07, 6.45) is 2.92. The molecule has 1 aromatic carbocycles. The molecule has 86 valence electrons. The Morgan fingerprint density at radius 2 is 2.25 bits per heavy atom. The molecule has 2 heteroatoms. The number of rotatable bonds is 2. The largest absolute Gasteiger partial charge is 0.326 e. The van der Waals surface area contributed by atoms with Gasteiger partial charge in [0.1, 0.15) is 0 Å². The molecule has 0 aliphatic heterocycles. The first-order chi connectivity index (χ1) is 7.63. The topological polar surface area (TPSA) is 29.1 Å². The second kappa shape index (κ2) is 4.28. The van der Waals surface area contributed by atoms with Crippen LogP contribution in [0, 0.1) is 6.92 Å². The summed E-state index contributed by atoms with van der Waals surface area (Å²) in [6, 6.07) is 4.22. The van der Waals surface area contributed by atoms with Crippen LogP contribution < -0.4 is 5.32 Å². The van der Waals surface area contributed by atoms with Crippen LogP contribution >= 0.6 is 0 Å². The van der Waals surface area contributed by atoms with E-state index in [1.165, 1.54) is 23.1 Å². The summed E-state index contributed by atoms with van der Waals surface area (Å²) in [5, 5.41) is 2.97. The molecule has 0 radical (unpaired) electrons. The lowest BCUT2D eigenvalue weighted by atomic mass is 9.99. The molecular weight excluding hydrogens is 198 g/mol. The SMILES string of the molecule is CCC(=O)Nc1ccc2c(c1C)CCC2C. The van der Waals surface area contributed by atoms with E-state index in [4.69, 9.17) is 0 Å². The molecule has 16 heavy (non-hydrogen) atoms. The number of fused-ring (bicyclic) bond motifs is 1. The van der Waals surface area contributed by atoms with Crippen molar-refractivity contribution < 1.29 is 4.79 Å². The second-order valence-electron chi connectivity index (χ2n) is 4.65. The number of benzene rings is 1. The van der Waals surface area contributed by atoms with Crippen LogP contribution in [0.3, 0.4) is 0 Å². The Labute approximate surface area is 97.1 Å². The van der Waals surface area contributed by atoms with Crippen molar-refractivity contribution >= 4 is 11.6 Å². The minimum absolute atomic E-state index is 0.0918. The van der Waals surface area contributed by atoms with Gasteiger partial charge in [-0.05, 0) is 48.4 Å². The number of carbonyl (C=O) groups excluding carboxylic acids is 1. The number of anilines is 1. The molecule has 1 atom stereocenters. The van der Waals surface area contributed by atoms with Gasteiger partial charge >= 0.3 is 0 Å². The Hall–Kier alpha value is -1.31. The molecule has 0 aromatic heterocycles. The first kappa shape index (κ1) is 11.2. The molecule has 1 N–H and O–H groups in total. The summed E-state index contributed by atoms with van der Waals surface area (Å²) < 4.78 is 0. The molecule has 0 bridgehead atoms. The number of hydrogen-bond donors (Lipinski definition) is 1. The van der Waals surface area contributed by atoms with Crippen LogP contribution in [-0.2, 0) is 11.2 Å². The lowest BCUT2D eigenvalue weighted by Gasteiger charge is -2.12. The smallest absolute Gasteiger partial charge is 0.224 e. The fourth-order valence-electron chi connectivity index (χ4n) is 2.46. The fraction of sp³-hybridized carbons (Fsp3) is 0.500. The molecule has 0 saturated carbocycles. The lowest BCUT2D eigenvalue weighted by Crippen LogP contribution is -2.11. The van der Waals surface area contributed by atoms with Gasteiger partial charge in [-0.2, -0.15) is 0 Å². The van der Waals surface area contributed by atoms with Gasteiger partial charge in [0.25, 0.3) is 0 Å². The van der Waals surface area contributed by atoms with E-state index in [2.05, 4.69) is 25.2 Å². The number of amides is 1. The van der Waals surface area contributed by atoms with Crippen molar-refractivity contribution in [1.82, 2.24) is 0 Å². The van der Waals surface area contributed by atoms with Gasteiger partial charge in [0.15, 0.2) is 0 Å². The first-order valence-corrected chi connectivity index (χ1v) is 6.05. The highest BCUT2D eigenvalue weighted by molar-refractivity contribution is 5.91. The first-order valence-electron chi connectivity index (χ1n) is 6.05. The van der Waals surface area contributed by atoms with Crippen molar-refractivity contribution in [2.24, 2.45) is 0 Å². The molecule has 1 aliphatic carbocycles. The van der Waals surface area contributed by atoms with Crippen LogP contribution in [0.2, 0.25) is 0 Å². The van der Waals surface area contributed by atoms with Crippen LogP contribution in [0.5, 0.6) is 0 Å². The molecule has 0 heterocycles. The lowest BCUT2D eigenvalue weighted by molar-refractivity contribution is -0.115.